The van der Waals surface area contributed by atoms with Gasteiger partial charge in [0.25, 0.3) is 0 Å². The molecule has 5 rings (SSSR count). The summed E-state index contributed by atoms with van der Waals surface area (Å²) < 4.78 is 119. The van der Waals surface area contributed by atoms with E-state index in [1.807, 2.05) is 0 Å². The van der Waals surface area contributed by atoms with Crippen LogP contribution in [0.15, 0.2) is 60.7 Å². The van der Waals surface area contributed by atoms with E-state index in [-0.39, 0.29) is 28.4 Å². The number of para-hydroxylation sites is 4. The predicted molar refractivity (Wildman–Crippen MR) is 116 cm³/mol. The molecule has 0 unspecified atom stereocenters. The molecule has 0 aromatic heterocycles. The zero-order valence-corrected chi connectivity index (χ0v) is 18.2. The van der Waals surface area contributed by atoms with Gasteiger partial charge in [0, 0.05) is 0 Å². The number of rotatable bonds is 2. The van der Waals surface area contributed by atoms with Crippen LogP contribution in [-0.2, 0) is 6.18 Å². The van der Waals surface area contributed by atoms with Crippen molar-refractivity contribution in [2.45, 2.75) is 13.1 Å². The van der Waals surface area contributed by atoms with Crippen LogP contribution in [0.5, 0.6) is 11.5 Å². The molecule has 0 amide bonds. The Labute approximate surface area is 199 Å². The van der Waals surface area contributed by atoms with Crippen molar-refractivity contribution < 1.29 is 39.9 Å². The zero-order chi connectivity index (χ0) is 25.9. The number of alkyl halides is 3. The van der Waals surface area contributed by atoms with Crippen molar-refractivity contribution in [3.63, 3.8) is 0 Å². The van der Waals surface area contributed by atoms with E-state index in [2.05, 4.69) is 0 Å². The largest absolute Gasteiger partial charge is 0.453 e. The Morgan fingerprint density at radius 2 is 1.14 bits per heavy atom. The molecule has 10 heteroatoms. The summed E-state index contributed by atoms with van der Waals surface area (Å²) in [5, 5.41) is 0. The highest BCUT2D eigenvalue weighted by molar-refractivity contribution is 5.89. The van der Waals surface area contributed by atoms with Gasteiger partial charge in [0.15, 0.2) is 34.8 Å². The standard InChI is InChI=1S/C26H13F8NO/c1-12-10-13(19-20(27)22(29)24(31)23(30)21(19)28)11-14(26(32,33)34)25(12)35-15-6-2-4-8-17(15)36-18-9-5-3-7-16(18)35/h2-11H,1H3. The van der Waals surface area contributed by atoms with Gasteiger partial charge in [-0.05, 0) is 54.4 Å². The summed E-state index contributed by atoms with van der Waals surface area (Å²) in [5.41, 5.74) is -3.61. The molecule has 4 aromatic carbocycles. The van der Waals surface area contributed by atoms with Gasteiger partial charge in [-0.25, -0.2) is 22.0 Å². The minimum atomic E-state index is -5.07. The summed E-state index contributed by atoms with van der Waals surface area (Å²) >= 11 is 0. The summed E-state index contributed by atoms with van der Waals surface area (Å²) in [7, 11) is 0. The predicted octanol–water partition coefficient (Wildman–Crippen LogP) is 8.95. The lowest BCUT2D eigenvalue weighted by Gasteiger charge is -2.35. The maximum absolute atomic E-state index is 14.5. The van der Waals surface area contributed by atoms with Crippen LogP contribution in [0, 0.1) is 36.0 Å². The van der Waals surface area contributed by atoms with Gasteiger partial charge in [-0.1, -0.05) is 24.3 Å². The van der Waals surface area contributed by atoms with Crippen LogP contribution in [0.25, 0.3) is 11.1 Å². The molecule has 184 valence electrons. The molecule has 0 atom stereocenters. The van der Waals surface area contributed by atoms with Crippen molar-refractivity contribution in [3.05, 3.63) is 101 Å². The van der Waals surface area contributed by atoms with E-state index < -0.39 is 57.6 Å². The van der Waals surface area contributed by atoms with E-state index in [9.17, 15) is 35.1 Å². The van der Waals surface area contributed by atoms with Crippen LogP contribution in [-0.4, -0.2) is 0 Å². The van der Waals surface area contributed by atoms with Crippen LogP contribution >= 0.6 is 0 Å². The van der Waals surface area contributed by atoms with Crippen molar-refractivity contribution >= 4 is 17.1 Å². The average Bonchev–Trinajstić information content (AvgIpc) is 2.84. The molecule has 0 saturated carbocycles. The van der Waals surface area contributed by atoms with Crippen molar-refractivity contribution in [2.75, 3.05) is 4.90 Å². The fraction of sp³-hybridized carbons (Fsp3) is 0.0769. The van der Waals surface area contributed by atoms with Crippen LogP contribution in [0.2, 0.25) is 0 Å². The topological polar surface area (TPSA) is 12.5 Å². The minimum absolute atomic E-state index is 0.129. The smallest absolute Gasteiger partial charge is 0.418 e. The van der Waals surface area contributed by atoms with Crippen molar-refractivity contribution in [3.8, 4) is 22.6 Å². The highest BCUT2D eigenvalue weighted by atomic mass is 19.4. The number of fused-ring (bicyclic) bond motifs is 2. The molecule has 0 bridgehead atoms. The fourth-order valence-electron chi connectivity index (χ4n) is 4.24. The molecule has 36 heavy (non-hydrogen) atoms. The third kappa shape index (κ3) is 3.55. The van der Waals surface area contributed by atoms with Crippen LogP contribution in [0.1, 0.15) is 11.1 Å². The molecule has 0 spiro atoms. The first-order valence-electron chi connectivity index (χ1n) is 10.4. The normalized spacial score (nSPS) is 12.8. The first-order valence-corrected chi connectivity index (χ1v) is 10.4. The molecular formula is C26H13F8NO. The quantitative estimate of drug-likeness (QED) is 0.134. The number of anilines is 3. The maximum atomic E-state index is 14.5. The molecule has 1 aliphatic heterocycles. The Morgan fingerprint density at radius 3 is 1.64 bits per heavy atom. The number of benzene rings is 4. The molecule has 0 N–H and O–H groups in total. The number of nitrogens with zero attached hydrogens (tertiary/aromatic N) is 1. The van der Waals surface area contributed by atoms with Crippen LogP contribution in [0.3, 0.4) is 0 Å². The fourth-order valence-corrected chi connectivity index (χ4v) is 4.24. The Bertz CT molecular complexity index is 1460. The second kappa shape index (κ2) is 8.25. The Hall–Kier alpha value is -4.08. The second-order valence-corrected chi connectivity index (χ2v) is 8.00. The van der Waals surface area contributed by atoms with Gasteiger partial charge in [0.05, 0.1) is 28.2 Å². The summed E-state index contributed by atoms with van der Waals surface area (Å²) in [6, 6.07) is 14.0. The number of hydrogen-bond acceptors (Lipinski definition) is 2. The van der Waals surface area contributed by atoms with Crippen molar-refractivity contribution in [2.24, 2.45) is 0 Å². The average molecular weight is 507 g/mol. The molecule has 1 aliphatic rings. The van der Waals surface area contributed by atoms with E-state index in [0.717, 1.165) is 6.07 Å². The van der Waals surface area contributed by atoms with E-state index in [1.54, 1.807) is 36.4 Å². The third-order valence-corrected chi connectivity index (χ3v) is 5.76. The summed E-state index contributed by atoms with van der Waals surface area (Å²) in [6.45, 7) is 1.25. The highest BCUT2D eigenvalue weighted by Gasteiger charge is 2.40. The number of ether oxygens (including phenoxy) is 1. The molecule has 0 radical (unpaired) electrons. The SMILES string of the molecule is Cc1cc(-c2c(F)c(F)c(F)c(F)c2F)cc(C(F)(F)F)c1N1c2ccccc2Oc2ccccc21. The first kappa shape index (κ1) is 23.7. The number of aryl methyl sites for hydroxylation is 1. The molecule has 2 nitrogen and oxygen atoms in total. The molecule has 0 fully saturated rings. The molecule has 1 heterocycles. The lowest BCUT2D eigenvalue weighted by molar-refractivity contribution is -0.137. The lowest BCUT2D eigenvalue weighted by Crippen LogP contribution is -2.21. The van der Waals surface area contributed by atoms with Gasteiger partial charge in [-0.15, -0.1) is 0 Å². The van der Waals surface area contributed by atoms with Crippen LogP contribution in [0.4, 0.5) is 52.2 Å². The van der Waals surface area contributed by atoms with E-state index in [4.69, 9.17) is 4.74 Å². The summed E-state index contributed by atoms with van der Waals surface area (Å²) in [6.07, 6.45) is -5.07. The molecule has 0 saturated heterocycles. The zero-order valence-electron chi connectivity index (χ0n) is 18.2. The van der Waals surface area contributed by atoms with Gasteiger partial charge in [0.2, 0.25) is 5.82 Å². The summed E-state index contributed by atoms with van der Waals surface area (Å²) in [5.74, 6) is -10.9. The number of halogens is 8. The Kier molecular flexibility index (Phi) is 5.42. The van der Waals surface area contributed by atoms with E-state index >= 15 is 0 Å². The third-order valence-electron chi connectivity index (χ3n) is 5.76. The molecular weight excluding hydrogens is 494 g/mol. The van der Waals surface area contributed by atoms with E-state index in [1.165, 1.54) is 24.0 Å². The Balaban J connectivity index is 1.83. The van der Waals surface area contributed by atoms with Gasteiger partial charge < -0.3 is 9.64 Å². The highest BCUT2D eigenvalue weighted by Crippen LogP contribution is 2.54. The molecule has 4 aromatic rings. The van der Waals surface area contributed by atoms with Crippen molar-refractivity contribution in [1.82, 2.24) is 0 Å². The number of hydrogen-bond donors (Lipinski definition) is 0. The Morgan fingerprint density at radius 1 is 0.667 bits per heavy atom. The first-order chi connectivity index (χ1) is 17.0. The minimum Gasteiger partial charge on any atom is -0.453 e. The van der Waals surface area contributed by atoms with Gasteiger partial charge in [-0.3, -0.25) is 0 Å². The maximum Gasteiger partial charge on any atom is 0.418 e. The lowest BCUT2D eigenvalue weighted by atomic mass is 9.95. The monoisotopic (exact) mass is 507 g/mol. The van der Waals surface area contributed by atoms with Gasteiger partial charge in [-0.2, -0.15) is 13.2 Å². The van der Waals surface area contributed by atoms with Gasteiger partial charge in [0.1, 0.15) is 0 Å². The van der Waals surface area contributed by atoms with Crippen molar-refractivity contribution in [1.29, 1.82) is 0 Å². The van der Waals surface area contributed by atoms with Gasteiger partial charge >= 0.3 is 6.18 Å². The molecule has 0 aliphatic carbocycles. The van der Waals surface area contributed by atoms with E-state index in [0.29, 0.717) is 6.07 Å². The van der Waals surface area contributed by atoms with Crippen LogP contribution < -0.4 is 9.64 Å². The summed E-state index contributed by atoms with van der Waals surface area (Å²) in [4.78, 5) is 1.29. The second-order valence-electron chi connectivity index (χ2n) is 8.00.